The number of benzene rings is 1. The Hall–Kier alpha value is -2.53. The van der Waals surface area contributed by atoms with Crippen LogP contribution in [-0.2, 0) is 11.8 Å². The number of hydrogen-bond donors (Lipinski definition) is 1. The molecule has 0 aliphatic heterocycles. The average molecular weight is 415 g/mol. The summed E-state index contributed by atoms with van der Waals surface area (Å²) in [6.07, 6.45) is -4.77. The maximum atomic E-state index is 12.2. The first-order valence-corrected chi connectivity index (χ1v) is 9.32. The van der Waals surface area contributed by atoms with Crippen molar-refractivity contribution in [2.45, 2.75) is 11.5 Å². The summed E-state index contributed by atoms with van der Waals surface area (Å²) in [5, 5.41) is 5.26. The molecule has 0 aliphatic carbocycles. The van der Waals surface area contributed by atoms with E-state index in [9.17, 15) is 22.8 Å². The van der Waals surface area contributed by atoms with E-state index in [1.807, 2.05) is 0 Å². The number of carbonyl (C=O) groups excluding carboxylic acids is 1. The van der Waals surface area contributed by atoms with Gasteiger partial charge in [-0.1, -0.05) is 11.8 Å². The van der Waals surface area contributed by atoms with Crippen molar-refractivity contribution in [3.8, 4) is 5.75 Å². The van der Waals surface area contributed by atoms with Crippen LogP contribution in [0.25, 0.3) is 10.2 Å². The van der Waals surface area contributed by atoms with Gasteiger partial charge in [0.15, 0.2) is 5.16 Å². The number of nitrogens with zero attached hydrogens (tertiary/aromatic N) is 2. The highest BCUT2D eigenvalue weighted by molar-refractivity contribution is 7.99. The molecule has 6 nitrogen and oxygen atoms in total. The maximum absolute atomic E-state index is 12.2. The molecule has 0 saturated heterocycles. The molecule has 0 saturated carbocycles. The van der Waals surface area contributed by atoms with Crippen molar-refractivity contribution in [3.05, 3.63) is 46.1 Å². The van der Waals surface area contributed by atoms with Crippen LogP contribution < -0.4 is 15.6 Å². The Morgan fingerprint density at radius 3 is 2.67 bits per heavy atom. The van der Waals surface area contributed by atoms with E-state index >= 15 is 0 Å². The summed E-state index contributed by atoms with van der Waals surface area (Å²) in [4.78, 5) is 29.2. The third-order valence-electron chi connectivity index (χ3n) is 3.37. The standard InChI is InChI=1S/C16H12F3N3O3S2/c1-22-14(24)11-6-7-26-13(11)21-15(22)27-8-12(23)20-9-2-4-10(5-3-9)25-16(17,18)19/h2-7H,8H2,1H3,(H,20,23). The molecule has 3 rings (SSSR count). The van der Waals surface area contributed by atoms with Crippen molar-refractivity contribution in [2.75, 3.05) is 11.1 Å². The van der Waals surface area contributed by atoms with E-state index in [2.05, 4.69) is 15.0 Å². The van der Waals surface area contributed by atoms with E-state index in [4.69, 9.17) is 0 Å². The topological polar surface area (TPSA) is 73.2 Å². The van der Waals surface area contributed by atoms with Crippen molar-refractivity contribution in [1.82, 2.24) is 9.55 Å². The number of thioether (sulfide) groups is 1. The molecule has 1 N–H and O–H groups in total. The summed E-state index contributed by atoms with van der Waals surface area (Å²) in [5.74, 6) is -0.777. The second kappa shape index (κ2) is 7.61. The quantitative estimate of drug-likeness (QED) is 0.509. The van der Waals surface area contributed by atoms with Crippen molar-refractivity contribution in [2.24, 2.45) is 7.05 Å². The van der Waals surface area contributed by atoms with Gasteiger partial charge in [0.25, 0.3) is 5.56 Å². The molecule has 2 heterocycles. The molecule has 0 aliphatic rings. The second-order valence-corrected chi connectivity index (χ2v) is 7.14. The summed E-state index contributed by atoms with van der Waals surface area (Å²) in [6.45, 7) is 0. The number of halogens is 3. The largest absolute Gasteiger partial charge is 0.573 e. The highest BCUT2D eigenvalue weighted by Crippen LogP contribution is 2.24. The summed E-state index contributed by atoms with van der Waals surface area (Å²) >= 11 is 2.43. The van der Waals surface area contributed by atoms with Crippen molar-refractivity contribution >= 4 is 44.9 Å². The molecule has 0 atom stereocenters. The number of fused-ring (bicyclic) bond motifs is 1. The SMILES string of the molecule is Cn1c(SCC(=O)Nc2ccc(OC(F)(F)F)cc2)nc2sccc2c1=O. The summed E-state index contributed by atoms with van der Waals surface area (Å²) in [5.41, 5.74) is 0.134. The van der Waals surface area contributed by atoms with Crippen molar-refractivity contribution in [1.29, 1.82) is 0 Å². The molecule has 142 valence electrons. The fraction of sp³-hybridized carbons (Fsp3) is 0.188. The van der Waals surface area contributed by atoms with Gasteiger partial charge in [0, 0.05) is 12.7 Å². The number of amides is 1. The lowest BCUT2D eigenvalue weighted by atomic mass is 10.3. The van der Waals surface area contributed by atoms with E-state index in [0.717, 1.165) is 23.9 Å². The van der Waals surface area contributed by atoms with Gasteiger partial charge in [0.1, 0.15) is 10.6 Å². The van der Waals surface area contributed by atoms with E-state index in [1.165, 1.54) is 28.0 Å². The van der Waals surface area contributed by atoms with Crippen LogP contribution in [-0.4, -0.2) is 27.6 Å². The molecule has 11 heteroatoms. The molecule has 0 bridgehead atoms. The average Bonchev–Trinajstić information content (AvgIpc) is 3.06. The zero-order valence-corrected chi connectivity index (χ0v) is 15.4. The fourth-order valence-corrected chi connectivity index (χ4v) is 3.75. The first-order chi connectivity index (χ1) is 12.7. The van der Waals surface area contributed by atoms with Gasteiger partial charge in [-0.2, -0.15) is 0 Å². The Balaban J connectivity index is 1.62. The Labute approximate surface area is 159 Å². The predicted octanol–water partition coefficient (Wildman–Crippen LogP) is 3.62. The zero-order valence-electron chi connectivity index (χ0n) is 13.7. The molecule has 0 spiro atoms. The molecule has 0 unspecified atom stereocenters. The van der Waals surface area contributed by atoms with Crippen LogP contribution in [0.5, 0.6) is 5.75 Å². The highest BCUT2D eigenvalue weighted by atomic mass is 32.2. The van der Waals surface area contributed by atoms with Gasteiger partial charge in [0.2, 0.25) is 5.91 Å². The second-order valence-electron chi connectivity index (χ2n) is 5.31. The monoisotopic (exact) mass is 415 g/mol. The Bertz CT molecular complexity index is 1030. The van der Waals surface area contributed by atoms with Crippen molar-refractivity contribution < 1.29 is 22.7 Å². The minimum atomic E-state index is -4.77. The van der Waals surface area contributed by atoms with Gasteiger partial charge in [-0.3, -0.25) is 14.2 Å². The number of ether oxygens (including phenoxy) is 1. The minimum Gasteiger partial charge on any atom is -0.406 e. The van der Waals surface area contributed by atoms with Crippen LogP contribution in [0.4, 0.5) is 18.9 Å². The van der Waals surface area contributed by atoms with Gasteiger partial charge in [-0.25, -0.2) is 4.98 Å². The third-order valence-corrected chi connectivity index (χ3v) is 5.20. The molecule has 3 aromatic rings. The predicted molar refractivity (Wildman–Crippen MR) is 97.3 cm³/mol. The van der Waals surface area contributed by atoms with Gasteiger partial charge in [0.05, 0.1) is 11.1 Å². The highest BCUT2D eigenvalue weighted by Gasteiger charge is 2.30. The van der Waals surface area contributed by atoms with E-state index < -0.39 is 6.36 Å². The number of hydrogen-bond acceptors (Lipinski definition) is 6. The van der Waals surface area contributed by atoms with E-state index in [1.54, 1.807) is 18.5 Å². The number of alkyl halides is 3. The van der Waals surface area contributed by atoms with Crippen LogP contribution in [0.1, 0.15) is 0 Å². The van der Waals surface area contributed by atoms with Crippen LogP contribution in [0.3, 0.4) is 0 Å². The number of nitrogens with one attached hydrogen (secondary N) is 1. The van der Waals surface area contributed by atoms with Crippen LogP contribution >= 0.6 is 23.1 Å². The number of rotatable bonds is 5. The summed E-state index contributed by atoms with van der Waals surface area (Å²) in [7, 11) is 1.58. The van der Waals surface area contributed by atoms with E-state index in [0.29, 0.717) is 21.1 Å². The lowest BCUT2D eigenvalue weighted by Crippen LogP contribution is -2.20. The Kier molecular flexibility index (Phi) is 5.42. The van der Waals surface area contributed by atoms with Crippen LogP contribution in [0, 0.1) is 0 Å². The number of carbonyl (C=O) groups is 1. The molecule has 2 aromatic heterocycles. The van der Waals surface area contributed by atoms with Crippen LogP contribution in [0.2, 0.25) is 0 Å². The minimum absolute atomic E-state index is 0.0159. The van der Waals surface area contributed by atoms with Crippen molar-refractivity contribution in [3.63, 3.8) is 0 Å². The first-order valence-electron chi connectivity index (χ1n) is 7.45. The Morgan fingerprint density at radius 1 is 1.30 bits per heavy atom. The first kappa shape index (κ1) is 19.2. The number of thiophene rings is 1. The fourth-order valence-electron chi connectivity index (χ4n) is 2.18. The lowest BCUT2D eigenvalue weighted by molar-refractivity contribution is -0.274. The third kappa shape index (κ3) is 4.80. The van der Waals surface area contributed by atoms with Gasteiger partial charge < -0.3 is 10.1 Å². The molecule has 27 heavy (non-hydrogen) atoms. The van der Waals surface area contributed by atoms with Crippen LogP contribution in [0.15, 0.2) is 45.7 Å². The molecule has 1 aromatic carbocycles. The van der Waals surface area contributed by atoms with E-state index in [-0.39, 0.29) is 23.0 Å². The zero-order chi connectivity index (χ0) is 19.6. The maximum Gasteiger partial charge on any atom is 0.573 e. The molecule has 0 fully saturated rings. The number of anilines is 1. The lowest BCUT2D eigenvalue weighted by Gasteiger charge is -2.10. The summed E-state index contributed by atoms with van der Waals surface area (Å²) in [6, 6.07) is 6.51. The molecular formula is C16H12F3N3O3S2. The Morgan fingerprint density at radius 2 is 2.00 bits per heavy atom. The smallest absolute Gasteiger partial charge is 0.406 e. The number of aromatic nitrogens is 2. The van der Waals surface area contributed by atoms with Gasteiger partial charge >= 0.3 is 6.36 Å². The molecule has 0 radical (unpaired) electrons. The molecule has 1 amide bonds. The van der Waals surface area contributed by atoms with Gasteiger partial charge in [-0.15, -0.1) is 24.5 Å². The normalized spacial score (nSPS) is 11.6. The summed E-state index contributed by atoms with van der Waals surface area (Å²) < 4.78 is 41.5. The molecular weight excluding hydrogens is 403 g/mol. The van der Waals surface area contributed by atoms with Gasteiger partial charge in [-0.05, 0) is 35.7 Å².